The quantitative estimate of drug-likeness (QED) is 0.864. The molecule has 0 aliphatic heterocycles. The van der Waals surface area contributed by atoms with Crippen molar-refractivity contribution in [2.45, 2.75) is 32.9 Å². The number of nitrogens with zero attached hydrogens (tertiary/aromatic N) is 3. The minimum absolute atomic E-state index is 0.158. The Bertz CT molecular complexity index is 530. The van der Waals surface area contributed by atoms with Crippen LogP contribution in [0.4, 0.5) is 0 Å². The molecule has 5 nitrogen and oxygen atoms in total. The van der Waals surface area contributed by atoms with E-state index in [1.54, 1.807) is 0 Å². The molecule has 5 heteroatoms. The van der Waals surface area contributed by atoms with Crippen LogP contribution >= 0.6 is 0 Å². The summed E-state index contributed by atoms with van der Waals surface area (Å²) in [5.41, 5.74) is 1.88. The minimum Gasteiger partial charge on any atom is -0.481 e. The highest BCUT2D eigenvalue weighted by molar-refractivity contribution is 5.66. The highest BCUT2D eigenvalue weighted by Gasteiger charge is 2.13. The van der Waals surface area contributed by atoms with Gasteiger partial charge in [0.05, 0.1) is 12.1 Å². The lowest BCUT2D eigenvalue weighted by atomic mass is 10.2. The lowest BCUT2D eigenvalue weighted by Gasteiger charge is -2.24. The number of imidazole rings is 1. The smallest absolute Gasteiger partial charge is 0.304 e. The number of aliphatic carboxylic acids is 1. The maximum Gasteiger partial charge on any atom is 0.304 e. The third kappa shape index (κ3) is 3.54. The molecule has 0 radical (unpaired) electrons. The topological polar surface area (TPSA) is 57.8 Å². The molecular weight excluding hydrogens is 242 g/mol. The first kappa shape index (κ1) is 13.5. The van der Waals surface area contributed by atoms with Gasteiger partial charge < -0.3 is 9.51 Å². The van der Waals surface area contributed by atoms with Crippen LogP contribution in [-0.4, -0.2) is 37.9 Å². The summed E-state index contributed by atoms with van der Waals surface area (Å²) < 4.78 is 1.98. The number of pyridine rings is 1. The third-order valence-electron chi connectivity index (χ3n) is 3.12. The van der Waals surface area contributed by atoms with Crippen molar-refractivity contribution in [3.8, 4) is 0 Å². The van der Waals surface area contributed by atoms with E-state index in [1.807, 2.05) is 35.0 Å². The van der Waals surface area contributed by atoms with Crippen molar-refractivity contribution in [3.05, 3.63) is 36.3 Å². The molecule has 2 heterocycles. The van der Waals surface area contributed by atoms with Crippen LogP contribution in [-0.2, 0) is 11.3 Å². The number of hydrogen-bond donors (Lipinski definition) is 1. The average molecular weight is 261 g/mol. The van der Waals surface area contributed by atoms with Crippen LogP contribution in [0.25, 0.3) is 5.65 Å². The van der Waals surface area contributed by atoms with E-state index in [2.05, 4.69) is 23.7 Å². The van der Waals surface area contributed by atoms with Gasteiger partial charge in [-0.2, -0.15) is 0 Å². The molecule has 0 unspecified atom stereocenters. The van der Waals surface area contributed by atoms with Crippen molar-refractivity contribution < 1.29 is 9.90 Å². The predicted molar refractivity (Wildman–Crippen MR) is 73.0 cm³/mol. The molecule has 0 saturated carbocycles. The standard InChI is InChI=1S/C14H19N3O2/c1-11(2)16(8-6-14(18)19)9-12-10-17-7-4-3-5-13(17)15-12/h3-5,7,10-11H,6,8-9H2,1-2H3,(H,18,19). The Morgan fingerprint density at radius 1 is 1.47 bits per heavy atom. The number of carboxylic acid groups (broad SMARTS) is 1. The maximum atomic E-state index is 10.7. The van der Waals surface area contributed by atoms with Crippen molar-refractivity contribution in [1.82, 2.24) is 14.3 Å². The molecule has 0 aliphatic carbocycles. The predicted octanol–water partition coefficient (Wildman–Crippen LogP) is 2.02. The third-order valence-corrected chi connectivity index (χ3v) is 3.12. The van der Waals surface area contributed by atoms with E-state index >= 15 is 0 Å². The van der Waals surface area contributed by atoms with Gasteiger partial charge >= 0.3 is 5.97 Å². The Balaban J connectivity index is 2.09. The SMILES string of the molecule is CC(C)N(CCC(=O)O)Cc1cn2ccccc2n1. The van der Waals surface area contributed by atoms with Crippen molar-refractivity contribution in [2.24, 2.45) is 0 Å². The second-order valence-corrected chi connectivity index (χ2v) is 4.91. The summed E-state index contributed by atoms with van der Waals surface area (Å²) >= 11 is 0. The van der Waals surface area contributed by atoms with E-state index in [0.717, 1.165) is 11.3 Å². The number of aromatic nitrogens is 2. The maximum absolute atomic E-state index is 10.7. The zero-order chi connectivity index (χ0) is 13.8. The van der Waals surface area contributed by atoms with Gasteiger partial charge in [0.25, 0.3) is 0 Å². The summed E-state index contributed by atoms with van der Waals surface area (Å²) in [6, 6.07) is 6.17. The van der Waals surface area contributed by atoms with E-state index < -0.39 is 5.97 Å². The van der Waals surface area contributed by atoms with Crippen molar-refractivity contribution >= 4 is 11.6 Å². The van der Waals surface area contributed by atoms with E-state index in [0.29, 0.717) is 19.1 Å². The molecule has 2 aromatic rings. The minimum atomic E-state index is -0.763. The van der Waals surface area contributed by atoms with Crippen molar-refractivity contribution in [2.75, 3.05) is 6.54 Å². The molecule has 0 amide bonds. The molecular formula is C14H19N3O2. The molecule has 2 aromatic heterocycles. The van der Waals surface area contributed by atoms with Crippen LogP contribution in [0.2, 0.25) is 0 Å². The second-order valence-electron chi connectivity index (χ2n) is 4.91. The Hall–Kier alpha value is -1.88. The lowest BCUT2D eigenvalue weighted by Crippen LogP contribution is -2.32. The fourth-order valence-electron chi connectivity index (χ4n) is 2.03. The Kier molecular flexibility index (Phi) is 4.16. The Morgan fingerprint density at radius 2 is 2.26 bits per heavy atom. The molecule has 0 atom stereocenters. The van der Waals surface area contributed by atoms with Crippen LogP contribution in [0.3, 0.4) is 0 Å². The van der Waals surface area contributed by atoms with Gasteiger partial charge in [0.1, 0.15) is 5.65 Å². The summed E-state index contributed by atoms with van der Waals surface area (Å²) in [5, 5.41) is 8.78. The number of carbonyl (C=O) groups is 1. The lowest BCUT2D eigenvalue weighted by molar-refractivity contribution is -0.137. The van der Waals surface area contributed by atoms with Crippen LogP contribution in [0.5, 0.6) is 0 Å². The number of fused-ring (bicyclic) bond motifs is 1. The second kappa shape index (κ2) is 5.84. The first-order valence-electron chi connectivity index (χ1n) is 6.44. The molecule has 0 aromatic carbocycles. The van der Waals surface area contributed by atoms with Crippen LogP contribution in [0.15, 0.2) is 30.6 Å². The fraction of sp³-hybridized carbons (Fsp3) is 0.429. The highest BCUT2D eigenvalue weighted by atomic mass is 16.4. The van der Waals surface area contributed by atoms with Crippen LogP contribution in [0.1, 0.15) is 26.0 Å². The van der Waals surface area contributed by atoms with Crippen molar-refractivity contribution in [1.29, 1.82) is 0 Å². The molecule has 0 bridgehead atoms. The zero-order valence-corrected chi connectivity index (χ0v) is 11.3. The van der Waals surface area contributed by atoms with E-state index in [1.165, 1.54) is 0 Å². The summed E-state index contributed by atoms with van der Waals surface area (Å²) in [6.45, 7) is 5.35. The van der Waals surface area contributed by atoms with Gasteiger partial charge in [-0.25, -0.2) is 4.98 Å². The zero-order valence-electron chi connectivity index (χ0n) is 11.3. The van der Waals surface area contributed by atoms with Gasteiger partial charge in [0.15, 0.2) is 0 Å². The molecule has 19 heavy (non-hydrogen) atoms. The van der Waals surface area contributed by atoms with Gasteiger partial charge in [0.2, 0.25) is 0 Å². The number of rotatable bonds is 6. The van der Waals surface area contributed by atoms with E-state index in [4.69, 9.17) is 5.11 Å². The fourth-order valence-corrected chi connectivity index (χ4v) is 2.03. The molecule has 102 valence electrons. The monoisotopic (exact) mass is 261 g/mol. The van der Waals surface area contributed by atoms with Crippen molar-refractivity contribution in [3.63, 3.8) is 0 Å². The van der Waals surface area contributed by atoms with E-state index in [9.17, 15) is 4.79 Å². The van der Waals surface area contributed by atoms with E-state index in [-0.39, 0.29) is 6.42 Å². The van der Waals surface area contributed by atoms with Gasteiger partial charge in [-0.15, -0.1) is 0 Å². The largest absolute Gasteiger partial charge is 0.481 e. The first-order chi connectivity index (χ1) is 9.06. The Labute approximate surface area is 112 Å². The summed E-state index contributed by atoms with van der Waals surface area (Å²) in [6.07, 6.45) is 4.11. The highest BCUT2D eigenvalue weighted by Crippen LogP contribution is 2.10. The Morgan fingerprint density at radius 3 is 2.89 bits per heavy atom. The molecule has 0 aliphatic rings. The molecule has 2 rings (SSSR count). The first-order valence-corrected chi connectivity index (χ1v) is 6.44. The summed E-state index contributed by atoms with van der Waals surface area (Å²) in [5.74, 6) is -0.763. The van der Waals surface area contributed by atoms with Crippen LogP contribution < -0.4 is 0 Å². The summed E-state index contributed by atoms with van der Waals surface area (Å²) in [7, 11) is 0. The van der Waals surface area contributed by atoms with Gasteiger partial charge in [-0.1, -0.05) is 6.07 Å². The van der Waals surface area contributed by atoms with Gasteiger partial charge in [0, 0.05) is 31.5 Å². The normalized spacial score (nSPS) is 11.6. The molecule has 0 saturated heterocycles. The van der Waals surface area contributed by atoms with Gasteiger partial charge in [-0.05, 0) is 26.0 Å². The van der Waals surface area contributed by atoms with Gasteiger partial charge in [-0.3, -0.25) is 9.69 Å². The molecule has 0 spiro atoms. The average Bonchev–Trinajstić information content (AvgIpc) is 2.76. The molecule has 1 N–H and O–H groups in total. The van der Waals surface area contributed by atoms with Crippen LogP contribution in [0, 0.1) is 0 Å². The molecule has 0 fully saturated rings. The number of carboxylic acids is 1. The summed E-state index contributed by atoms with van der Waals surface area (Å²) in [4.78, 5) is 17.3. The number of hydrogen-bond acceptors (Lipinski definition) is 3.